The summed E-state index contributed by atoms with van der Waals surface area (Å²) in [5.74, 6) is -0.119. The van der Waals surface area contributed by atoms with Gasteiger partial charge in [0, 0.05) is 32.7 Å². The lowest BCUT2D eigenvalue weighted by Gasteiger charge is -2.36. The van der Waals surface area contributed by atoms with Crippen molar-refractivity contribution in [2.45, 2.75) is 32.2 Å². The summed E-state index contributed by atoms with van der Waals surface area (Å²) in [6.45, 7) is 5.28. The number of amides is 1. The normalized spacial score (nSPS) is 16.5. The highest BCUT2D eigenvalue weighted by molar-refractivity contribution is 5.81. The van der Waals surface area contributed by atoms with Crippen LogP contribution in [0.15, 0.2) is 54.6 Å². The Kier molecular flexibility index (Phi) is 6.79. The second-order valence-electron chi connectivity index (χ2n) is 7.13. The molecule has 1 unspecified atom stereocenters. The molecule has 0 radical (unpaired) electrons. The Morgan fingerprint density at radius 2 is 1.72 bits per heavy atom. The monoisotopic (exact) mass is 406 g/mol. The lowest BCUT2D eigenvalue weighted by molar-refractivity contribution is -0.140. The van der Waals surface area contributed by atoms with Crippen LogP contribution in [0, 0.1) is 0 Å². The molecule has 1 aliphatic rings. The van der Waals surface area contributed by atoms with E-state index in [1.165, 1.54) is 17.7 Å². The molecule has 1 heterocycles. The number of hydrogen-bond donors (Lipinski definition) is 0. The summed E-state index contributed by atoms with van der Waals surface area (Å²) in [6.07, 6.45) is -4.85. The fourth-order valence-corrected chi connectivity index (χ4v) is 3.39. The van der Waals surface area contributed by atoms with Crippen LogP contribution in [0.4, 0.5) is 13.2 Å². The molecule has 0 bridgehead atoms. The molecule has 1 atom stereocenters. The summed E-state index contributed by atoms with van der Waals surface area (Å²) in [4.78, 5) is 16.9. The summed E-state index contributed by atoms with van der Waals surface area (Å²) in [5.41, 5.74) is 0.443. The molecule has 0 aromatic heterocycles. The third-order valence-electron chi connectivity index (χ3n) is 5.02. The number of ether oxygens (including phenoxy) is 1. The first-order valence-electron chi connectivity index (χ1n) is 9.76. The van der Waals surface area contributed by atoms with Crippen LogP contribution < -0.4 is 4.74 Å². The van der Waals surface area contributed by atoms with Gasteiger partial charge in [0.2, 0.25) is 0 Å². The van der Waals surface area contributed by atoms with Crippen molar-refractivity contribution in [2.75, 3.05) is 26.2 Å². The van der Waals surface area contributed by atoms with Gasteiger partial charge in [0.1, 0.15) is 5.75 Å². The molecule has 156 valence electrons. The molecule has 29 heavy (non-hydrogen) atoms. The van der Waals surface area contributed by atoms with Crippen molar-refractivity contribution < 1.29 is 22.7 Å². The Balaban J connectivity index is 1.56. The van der Waals surface area contributed by atoms with Crippen LogP contribution in [0.5, 0.6) is 5.75 Å². The molecule has 0 N–H and O–H groups in total. The van der Waals surface area contributed by atoms with E-state index in [-0.39, 0.29) is 11.7 Å². The van der Waals surface area contributed by atoms with Crippen LogP contribution in [0.25, 0.3) is 0 Å². The second-order valence-corrected chi connectivity index (χ2v) is 7.13. The van der Waals surface area contributed by atoms with E-state index in [1.54, 1.807) is 11.8 Å². The standard InChI is InChI=1S/C22H25F3N2O2/c1-2-20(29-19-10-6-9-18(15-19)22(23,24)25)21(28)27-13-11-26(12-14-27)16-17-7-4-3-5-8-17/h3-10,15,20H,2,11-14,16H2,1H3. The van der Waals surface area contributed by atoms with Crippen molar-refractivity contribution in [3.8, 4) is 5.75 Å². The average Bonchev–Trinajstić information content (AvgIpc) is 2.72. The predicted molar refractivity (Wildman–Crippen MR) is 104 cm³/mol. The summed E-state index contributed by atoms with van der Waals surface area (Å²) in [6, 6.07) is 14.8. The number of carbonyl (C=O) groups is 1. The first-order chi connectivity index (χ1) is 13.9. The highest BCUT2D eigenvalue weighted by atomic mass is 19.4. The van der Waals surface area contributed by atoms with Gasteiger partial charge in [-0.3, -0.25) is 9.69 Å². The molecule has 1 saturated heterocycles. The van der Waals surface area contributed by atoms with Gasteiger partial charge in [-0.15, -0.1) is 0 Å². The van der Waals surface area contributed by atoms with Crippen molar-refractivity contribution in [3.05, 3.63) is 65.7 Å². The highest BCUT2D eigenvalue weighted by Gasteiger charge is 2.32. The van der Waals surface area contributed by atoms with E-state index >= 15 is 0 Å². The van der Waals surface area contributed by atoms with E-state index in [4.69, 9.17) is 4.74 Å². The topological polar surface area (TPSA) is 32.8 Å². The summed E-state index contributed by atoms with van der Waals surface area (Å²) >= 11 is 0. The quantitative estimate of drug-likeness (QED) is 0.721. The van der Waals surface area contributed by atoms with Crippen molar-refractivity contribution in [2.24, 2.45) is 0 Å². The molecule has 2 aromatic rings. The molecular weight excluding hydrogens is 381 g/mol. The van der Waals surface area contributed by atoms with E-state index in [1.807, 2.05) is 18.2 Å². The number of benzene rings is 2. The molecule has 0 spiro atoms. The SMILES string of the molecule is CCC(Oc1cccc(C(F)(F)F)c1)C(=O)N1CCN(Cc2ccccc2)CC1. The van der Waals surface area contributed by atoms with Crippen molar-refractivity contribution in [1.82, 2.24) is 9.80 Å². The second kappa shape index (κ2) is 9.31. The molecule has 3 rings (SSSR count). The van der Waals surface area contributed by atoms with E-state index in [0.717, 1.165) is 31.8 Å². The van der Waals surface area contributed by atoms with Gasteiger partial charge < -0.3 is 9.64 Å². The molecule has 1 fully saturated rings. The highest BCUT2D eigenvalue weighted by Crippen LogP contribution is 2.31. The van der Waals surface area contributed by atoms with Gasteiger partial charge in [-0.2, -0.15) is 13.2 Å². The smallest absolute Gasteiger partial charge is 0.416 e. The number of rotatable bonds is 6. The van der Waals surface area contributed by atoms with Crippen LogP contribution in [0.3, 0.4) is 0 Å². The van der Waals surface area contributed by atoms with Gasteiger partial charge in [-0.05, 0) is 30.2 Å². The summed E-state index contributed by atoms with van der Waals surface area (Å²) in [5, 5.41) is 0. The number of nitrogens with zero attached hydrogens (tertiary/aromatic N) is 2. The predicted octanol–water partition coefficient (Wildman–Crippen LogP) is 4.21. The Morgan fingerprint density at radius 3 is 2.34 bits per heavy atom. The minimum absolute atomic E-state index is 0.0581. The largest absolute Gasteiger partial charge is 0.481 e. The van der Waals surface area contributed by atoms with Gasteiger partial charge in [0.25, 0.3) is 5.91 Å². The fourth-order valence-electron chi connectivity index (χ4n) is 3.39. The molecule has 4 nitrogen and oxygen atoms in total. The van der Waals surface area contributed by atoms with E-state index in [9.17, 15) is 18.0 Å². The Morgan fingerprint density at radius 1 is 1.03 bits per heavy atom. The average molecular weight is 406 g/mol. The zero-order chi connectivity index (χ0) is 20.9. The van der Waals surface area contributed by atoms with Gasteiger partial charge >= 0.3 is 6.18 Å². The van der Waals surface area contributed by atoms with E-state index < -0.39 is 17.8 Å². The Labute approximate surface area is 168 Å². The Hall–Kier alpha value is -2.54. The van der Waals surface area contributed by atoms with Crippen LogP contribution in [-0.2, 0) is 17.5 Å². The minimum Gasteiger partial charge on any atom is -0.481 e. The number of alkyl halides is 3. The van der Waals surface area contributed by atoms with Crippen LogP contribution in [0.2, 0.25) is 0 Å². The Bertz CT molecular complexity index is 803. The lowest BCUT2D eigenvalue weighted by atomic mass is 10.1. The maximum atomic E-state index is 12.9. The molecule has 2 aromatic carbocycles. The van der Waals surface area contributed by atoms with Crippen molar-refractivity contribution in [1.29, 1.82) is 0 Å². The third kappa shape index (κ3) is 5.73. The maximum absolute atomic E-state index is 12.9. The van der Waals surface area contributed by atoms with Crippen molar-refractivity contribution in [3.63, 3.8) is 0 Å². The van der Waals surface area contributed by atoms with Crippen LogP contribution in [-0.4, -0.2) is 48.0 Å². The zero-order valence-corrected chi connectivity index (χ0v) is 16.4. The van der Waals surface area contributed by atoms with Gasteiger partial charge in [-0.1, -0.05) is 43.3 Å². The van der Waals surface area contributed by atoms with Gasteiger partial charge in [0.05, 0.1) is 5.56 Å². The lowest BCUT2D eigenvalue weighted by Crippen LogP contribution is -2.52. The van der Waals surface area contributed by atoms with E-state index in [0.29, 0.717) is 19.5 Å². The van der Waals surface area contributed by atoms with Gasteiger partial charge in [0.15, 0.2) is 6.10 Å². The summed E-state index contributed by atoms with van der Waals surface area (Å²) in [7, 11) is 0. The fraction of sp³-hybridized carbons (Fsp3) is 0.409. The minimum atomic E-state index is -4.44. The van der Waals surface area contributed by atoms with Gasteiger partial charge in [-0.25, -0.2) is 0 Å². The van der Waals surface area contributed by atoms with Crippen LogP contribution in [0.1, 0.15) is 24.5 Å². The molecule has 7 heteroatoms. The van der Waals surface area contributed by atoms with Crippen molar-refractivity contribution >= 4 is 5.91 Å². The molecule has 1 amide bonds. The number of hydrogen-bond acceptors (Lipinski definition) is 3. The third-order valence-corrected chi connectivity index (χ3v) is 5.02. The number of piperazine rings is 1. The number of carbonyl (C=O) groups excluding carboxylic acids is 1. The molecule has 1 aliphatic heterocycles. The maximum Gasteiger partial charge on any atom is 0.416 e. The molecule has 0 aliphatic carbocycles. The number of halogens is 3. The zero-order valence-electron chi connectivity index (χ0n) is 16.4. The molecular formula is C22H25F3N2O2. The first-order valence-corrected chi connectivity index (χ1v) is 9.76. The first kappa shape index (κ1) is 21.2. The van der Waals surface area contributed by atoms with Crippen LogP contribution >= 0.6 is 0 Å². The summed E-state index contributed by atoms with van der Waals surface area (Å²) < 4.78 is 44.3. The molecule has 0 saturated carbocycles. The van der Waals surface area contributed by atoms with E-state index in [2.05, 4.69) is 17.0 Å².